The van der Waals surface area contributed by atoms with Crippen molar-refractivity contribution < 1.29 is 8.83 Å². The Bertz CT molecular complexity index is 1140. The summed E-state index contributed by atoms with van der Waals surface area (Å²) in [7, 11) is 0. The van der Waals surface area contributed by atoms with E-state index in [1.807, 2.05) is 66.7 Å². The van der Waals surface area contributed by atoms with Crippen molar-refractivity contribution in [3.05, 3.63) is 101 Å². The topological polar surface area (TPSA) is 54.4 Å². The standard InChI is InChI=1S/C23H18ClN3O2S/c24-16-8-6-15(7-9-16)19-10-11-20(29-19)22-21(18-5-1-2-12-25-18)26-23(30)27(22)14-17-4-3-13-28-17/h1-13,21-22H,14H2,(H,26,30)/t21-,22+/m1/s1. The number of aromatic nitrogens is 1. The lowest BCUT2D eigenvalue weighted by molar-refractivity contribution is 0.253. The Kier molecular flexibility index (Phi) is 5.02. The average Bonchev–Trinajstić information content (AvgIpc) is 3.51. The van der Waals surface area contributed by atoms with E-state index in [0.29, 0.717) is 16.7 Å². The SMILES string of the molecule is S=C1N[C@H](c2ccccn2)[C@H](c2ccc(-c3ccc(Cl)cc3)o2)N1Cc1ccco1. The van der Waals surface area contributed by atoms with E-state index in [0.717, 1.165) is 28.5 Å². The van der Waals surface area contributed by atoms with E-state index in [1.165, 1.54) is 0 Å². The molecule has 4 aromatic rings. The quantitative estimate of drug-likeness (QED) is 0.402. The maximum atomic E-state index is 6.30. The van der Waals surface area contributed by atoms with Gasteiger partial charge < -0.3 is 19.1 Å². The fraction of sp³-hybridized carbons (Fsp3) is 0.130. The number of rotatable bonds is 5. The molecule has 0 aliphatic carbocycles. The summed E-state index contributed by atoms with van der Waals surface area (Å²) in [6.07, 6.45) is 3.45. The highest BCUT2D eigenvalue weighted by Crippen LogP contribution is 2.41. The third kappa shape index (κ3) is 3.60. The largest absolute Gasteiger partial charge is 0.467 e. The molecular formula is C23H18ClN3O2S. The first kappa shape index (κ1) is 18.9. The van der Waals surface area contributed by atoms with E-state index >= 15 is 0 Å². The predicted molar refractivity (Wildman–Crippen MR) is 119 cm³/mol. The van der Waals surface area contributed by atoms with Crippen LogP contribution in [-0.4, -0.2) is 15.0 Å². The van der Waals surface area contributed by atoms with Crippen molar-refractivity contribution in [2.45, 2.75) is 18.6 Å². The zero-order valence-electron chi connectivity index (χ0n) is 15.9. The molecule has 0 bridgehead atoms. The minimum absolute atomic E-state index is 0.141. The van der Waals surface area contributed by atoms with E-state index in [1.54, 1.807) is 12.5 Å². The molecule has 0 unspecified atom stereocenters. The summed E-state index contributed by atoms with van der Waals surface area (Å²) in [5, 5.41) is 4.74. The Labute approximate surface area is 184 Å². The van der Waals surface area contributed by atoms with Crippen LogP contribution in [0.4, 0.5) is 0 Å². The number of benzene rings is 1. The van der Waals surface area contributed by atoms with Gasteiger partial charge in [0.05, 0.1) is 24.5 Å². The van der Waals surface area contributed by atoms with Gasteiger partial charge in [-0.15, -0.1) is 0 Å². The van der Waals surface area contributed by atoms with Crippen molar-refractivity contribution in [2.24, 2.45) is 0 Å². The van der Waals surface area contributed by atoms with Gasteiger partial charge in [0.1, 0.15) is 23.3 Å². The number of pyridine rings is 1. The molecular weight excluding hydrogens is 418 g/mol. The van der Waals surface area contributed by atoms with Crippen LogP contribution in [0.2, 0.25) is 5.02 Å². The van der Waals surface area contributed by atoms with Crippen LogP contribution >= 0.6 is 23.8 Å². The number of halogens is 1. The first-order chi connectivity index (χ1) is 14.7. The minimum atomic E-state index is -0.168. The van der Waals surface area contributed by atoms with Crippen LogP contribution in [0.15, 0.2) is 88.0 Å². The van der Waals surface area contributed by atoms with Crippen molar-refractivity contribution in [3.8, 4) is 11.3 Å². The highest BCUT2D eigenvalue weighted by molar-refractivity contribution is 7.80. The van der Waals surface area contributed by atoms with Gasteiger partial charge in [-0.2, -0.15) is 0 Å². The molecule has 1 saturated heterocycles. The molecule has 5 rings (SSSR count). The third-order valence-corrected chi connectivity index (χ3v) is 5.76. The number of hydrogen-bond acceptors (Lipinski definition) is 4. The summed E-state index contributed by atoms with van der Waals surface area (Å²) in [5.74, 6) is 2.40. The smallest absolute Gasteiger partial charge is 0.170 e. The summed E-state index contributed by atoms with van der Waals surface area (Å²) < 4.78 is 11.9. The maximum absolute atomic E-state index is 6.30. The lowest BCUT2D eigenvalue weighted by atomic mass is 10.0. The molecule has 3 aromatic heterocycles. The van der Waals surface area contributed by atoms with Crippen molar-refractivity contribution in [1.29, 1.82) is 0 Å². The molecule has 1 aliphatic heterocycles. The summed E-state index contributed by atoms with van der Waals surface area (Å²) in [6, 6.07) is 20.9. The van der Waals surface area contributed by atoms with Crippen LogP contribution in [-0.2, 0) is 6.54 Å². The van der Waals surface area contributed by atoms with Gasteiger partial charge in [0.25, 0.3) is 0 Å². The molecule has 2 atom stereocenters. The molecule has 150 valence electrons. The monoisotopic (exact) mass is 435 g/mol. The second kappa shape index (κ2) is 7.97. The van der Waals surface area contributed by atoms with Crippen molar-refractivity contribution >= 4 is 28.9 Å². The lowest BCUT2D eigenvalue weighted by Crippen LogP contribution is -2.28. The number of thiocarbonyl (C=S) groups is 1. The summed E-state index contributed by atoms with van der Waals surface area (Å²) in [6.45, 7) is 0.532. The van der Waals surface area contributed by atoms with Crippen molar-refractivity contribution in [3.63, 3.8) is 0 Å². The summed E-state index contributed by atoms with van der Waals surface area (Å²) in [5.41, 5.74) is 1.86. The molecule has 1 aromatic carbocycles. The maximum Gasteiger partial charge on any atom is 0.170 e. The van der Waals surface area contributed by atoms with E-state index in [9.17, 15) is 0 Å². The predicted octanol–water partition coefficient (Wildman–Crippen LogP) is 5.76. The molecule has 1 fully saturated rings. The normalized spacial score (nSPS) is 18.6. The van der Waals surface area contributed by atoms with E-state index in [4.69, 9.17) is 32.7 Å². The van der Waals surface area contributed by atoms with E-state index < -0.39 is 0 Å². The van der Waals surface area contributed by atoms with Gasteiger partial charge in [0.2, 0.25) is 0 Å². The number of nitrogens with one attached hydrogen (secondary N) is 1. The van der Waals surface area contributed by atoms with E-state index in [2.05, 4.69) is 15.2 Å². The fourth-order valence-corrected chi connectivity index (χ4v) is 4.17. The molecule has 0 saturated carbocycles. The molecule has 4 heterocycles. The molecule has 7 heteroatoms. The Morgan fingerprint density at radius 3 is 2.63 bits per heavy atom. The molecule has 0 spiro atoms. The second-order valence-electron chi connectivity index (χ2n) is 7.04. The Morgan fingerprint density at radius 1 is 1.03 bits per heavy atom. The van der Waals surface area contributed by atoms with Crippen molar-refractivity contribution in [2.75, 3.05) is 0 Å². The fourth-order valence-electron chi connectivity index (χ4n) is 3.74. The number of hydrogen-bond donors (Lipinski definition) is 1. The number of furan rings is 2. The molecule has 30 heavy (non-hydrogen) atoms. The average molecular weight is 436 g/mol. The van der Waals surface area contributed by atoms with Crippen LogP contribution in [0.1, 0.15) is 29.3 Å². The second-order valence-corrected chi connectivity index (χ2v) is 7.87. The molecule has 1 aliphatic rings. The van der Waals surface area contributed by atoms with Crippen LogP contribution in [0, 0.1) is 0 Å². The Hall–Kier alpha value is -3.09. The van der Waals surface area contributed by atoms with Gasteiger partial charge in [-0.3, -0.25) is 4.98 Å². The molecule has 5 nitrogen and oxygen atoms in total. The summed E-state index contributed by atoms with van der Waals surface area (Å²) >= 11 is 11.7. The first-order valence-corrected chi connectivity index (χ1v) is 10.3. The Balaban J connectivity index is 1.53. The highest BCUT2D eigenvalue weighted by Gasteiger charge is 2.42. The number of nitrogens with zero attached hydrogens (tertiary/aromatic N) is 2. The van der Waals surface area contributed by atoms with Gasteiger partial charge in [-0.1, -0.05) is 17.7 Å². The van der Waals surface area contributed by atoms with Gasteiger partial charge in [0.15, 0.2) is 5.11 Å². The molecule has 0 radical (unpaired) electrons. The van der Waals surface area contributed by atoms with Crippen LogP contribution in [0.3, 0.4) is 0 Å². The third-order valence-electron chi connectivity index (χ3n) is 5.15. The van der Waals surface area contributed by atoms with Crippen molar-refractivity contribution in [1.82, 2.24) is 15.2 Å². The zero-order chi connectivity index (χ0) is 20.5. The molecule has 1 N–H and O–H groups in total. The molecule has 0 amide bonds. The summed E-state index contributed by atoms with van der Waals surface area (Å²) in [4.78, 5) is 6.63. The van der Waals surface area contributed by atoms with Gasteiger partial charge in [-0.05, 0) is 72.9 Å². The van der Waals surface area contributed by atoms with Crippen LogP contribution < -0.4 is 5.32 Å². The van der Waals surface area contributed by atoms with Crippen LogP contribution in [0.25, 0.3) is 11.3 Å². The van der Waals surface area contributed by atoms with Gasteiger partial charge in [-0.25, -0.2) is 0 Å². The van der Waals surface area contributed by atoms with E-state index in [-0.39, 0.29) is 12.1 Å². The van der Waals surface area contributed by atoms with Gasteiger partial charge >= 0.3 is 0 Å². The highest BCUT2D eigenvalue weighted by atomic mass is 35.5. The lowest BCUT2D eigenvalue weighted by Gasteiger charge is -2.25. The zero-order valence-corrected chi connectivity index (χ0v) is 17.4. The van der Waals surface area contributed by atoms with Gasteiger partial charge in [0, 0.05) is 16.8 Å². The Morgan fingerprint density at radius 2 is 1.90 bits per heavy atom. The van der Waals surface area contributed by atoms with Crippen LogP contribution in [0.5, 0.6) is 0 Å². The minimum Gasteiger partial charge on any atom is -0.467 e. The first-order valence-electron chi connectivity index (χ1n) is 9.55.